The van der Waals surface area contributed by atoms with Crippen LogP contribution in [0.4, 0.5) is 0 Å². The van der Waals surface area contributed by atoms with Gasteiger partial charge in [-0.25, -0.2) is 0 Å². The van der Waals surface area contributed by atoms with E-state index in [0.29, 0.717) is 0 Å². The number of nitrogens with one attached hydrogen (secondary N) is 2. The molecule has 0 aromatic carbocycles. The van der Waals surface area contributed by atoms with Crippen LogP contribution in [0.2, 0.25) is 0 Å². The molecule has 1 aromatic heterocycles. The SMILES string of the molecule is Cc1[nH]ncc1CN[C@@H]1C[C@H]1C. The van der Waals surface area contributed by atoms with E-state index in [4.69, 9.17) is 0 Å². The van der Waals surface area contributed by atoms with Gasteiger partial charge in [0.1, 0.15) is 0 Å². The van der Waals surface area contributed by atoms with Crippen molar-refractivity contribution in [1.82, 2.24) is 15.5 Å². The van der Waals surface area contributed by atoms with Gasteiger partial charge in [-0.05, 0) is 19.3 Å². The van der Waals surface area contributed by atoms with Crippen LogP contribution in [0, 0.1) is 12.8 Å². The Kier molecular flexibility index (Phi) is 1.89. The molecule has 0 unspecified atom stereocenters. The van der Waals surface area contributed by atoms with Crippen molar-refractivity contribution in [3.05, 3.63) is 17.5 Å². The number of aryl methyl sites for hydroxylation is 1. The summed E-state index contributed by atoms with van der Waals surface area (Å²) in [5.74, 6) is 0.872. The molecule has 3 nitrogen and oxygen atoms in total. The van der Waals surface area contributed by atoms with Crippen molar-refractivity contribution in [3.63, 3.8) is 0 Å². The molecule has 0 radical (unpaired) electrons. The summed E-state index contributed by atoms with van der Waals surface area (Å²) >= 11 is 0. The van der Waals surface area contributed by atoms with E-state index in [2.05, 4.69) is 29.4 Å². The zero-order valence-corrected chi connectivity index (χ0v) is 7.59. The Labute approximate surface area is 72.6 Å². The second-order valence-corrected chi connectivity index (χ2v) is 3.72. The van der Waals surface area contributed by atoms with Crippen LogP contribution in [0.5, 0.6) is 0 Å². The fraction of sp³-hybridized carbons (Fsp3) is 0.667. The molecule has 2 rings (SSSR count). The molecule has 2 N–H and O–H groups in total. The third-order valence-corrected chi connectivity index (χ3v) is 2.60. The van der Waals surface area contributed by atoms with Gasteiger partial charge in [0.15, 0.2) is 0 Å². The van der Waals surface area contributed by atoms with E-state index >= 15 is 0 Å². The van der Waals surface area contributed by atoms with E-state index in [9.17, 15) is 0 Å². The Bertz CT molecular complexity index is 266. The highest BCUT2D eigenvalue weighted by Gasteiger charge is 2.31. The lowest BCUT2D eigenvalue weighted by molar-refractivity contribution is 0.651. The predicted octanol–water partition coefficient (Wildman–Crippen LogP) is 1.22. The third kappa shape index (κ3) is 1.50. The fourth-order valence-corrected chi connectivity index (χ4v) is 1.40. The Morgan fingerprint density at radius 1 is 1.75 bits per heavy atom. The van der Waals surface area contributed by atoms with Crippen LogP contribution in [-0.2, 0) is 6.54 Å². The normalized spacial score (nSPS) is 27.5. The topological polar surface area (TPSA) is 40.7 Å². The van der Waals surface area contributed by atoms with Gasteiger partial charge in [-0.2, -0.15) is 5.10 Å². The summed E-state index contributed by atoms with van der Waals surface area (Å²) in [6, 6.07) is 0.749. The Morgan fingerprint density at radius 3 is 3.00 bits per heavy atom. The number of rotatable bonds is 3. The summed E-state index contributed by atoms with van der Waals surface area (Å²) in [6.45, 7) is 5.29. The molecule has 1 fully saturated rings. The van der Waals surface area contributed by atoms with E-state index in [1.807, 2.05) is 6.20 Å². The average molecular weight is 165 g/mol. The molecule has 0 saturated heterocycles. The number of aromatic amines is 1. The number of hydrogen-bond acceptors (Lipinski definition) is 2. The predicted molar refractivity (Wildman–Crippen MR) is 47.7 cm³/mol. The second kappa shape index (κ2) is 2.90. The standard InChI is InChI=1S/C9H15N3/c1-6-3-9(6)10-4-8-5-11-12-7(8)2/h5-6,9-10H,3-4H2,1-2H3,(H,11,12)/t6-,9-/m1/s1. The molecule has 66 valence electrons. The summed E-state index contributed by atoms with van der Waals surface area (Å²) in [6.07, 6.45) is 3.23. The van der Waals surface area contributed by atoms with Gasteiger partial charge in [0.05, 0.1) is 6.20 Å². The lowest BCUT2D eigenvalue weighted by Gasteiger charge is -2.00. The number of aromatic nitrogens is 2. The molecule has 1 heterocycles. The number of H-pyrrole nitrogens is 1. The first kappa shape index (κ1) is 7.80. The molecule has 1 aliphatic rings. The molecular formula is C9H15N3. The van der Waals surface area contributed by atoms with Crippen LogP contribution >= 0.6 is 0 Å². The Balaban J connectivity index is 1.84. The van der Waals surface area contributed by atoms with Crippen molar-refractivity contribution in [2.75, 3.05) is 0 Å². The monoisotopic (exact) mass is 165 g/mol. The quantitative estimate of drug-likeness (QED) is 0.707. The summed E-state index contributed by atoms with van der Waals surface area (Å²) in [5, 5.41) is 10.4. The summed E-state index contributed by atoms with van der Waals surface area (Å²) in [4.78, 5) is 0. The van der Waals surface area contributed by atoms with E-state index < -0.39 is 0 Å². The molecule has 0 amide bonds. The molecule has 0 bridgehead atoms. The van der Waals surface area contributed by atoms with Crippen molar-refractivity contribution in [1.29, 1.82) is 0 Å². The van der Waals surface area contributed by atoms with Crippen LogP contribution < -0.4 is 5.32 Å². The maximum Gasteiger partial charge on any atom is 0.0535 e. The minimum Gasteiger partial charge on any atom is -0.310 e. The molecular weight excluding hydrogens is 150 g/mol. The lowest BCUT2D eigenvalue weighted by atomic mass is 10.2. The van der Waals surface area contributed by atoms with Crippen LogP contribution in [0.25, 0.3) is 0 Å². The molecule has 1 saturated carbocycles. The van der Waals surface area contributed by atoms with Crippen molar-refractivity contribution < 1.29 is 0 Å². The number of nitrogens with zero attached hydrogens (tertiary/aromatic N) is 1. The van der Waals surface area contributed by atoms with Crippen LogP contribution in [-0.4, -0.2) is 16.2 Å². The zero-order valence-electron chi connectivity index (χ0n) is 7.59. The maximum atomic E-state index is 3.97. The van der Waals surface area contributed by atoms with Crippen LogP contribution in [0.15, 0.2) is 6.20 Å². The van der Waals surface area contributed by atoms with E-state index in [0.717, 1.165) is 18.5 Å². The fourth-order valence-electron chi connectivity index (χ4n) is 1.40. The second-order valence-electron chi connectivity index (χ2n) is 3.72. The van der Waals surface area contributed by atoms with Crippen LogP contribution in [0.1, 0.15) is 24.6 Å². The zero-order chi connectivity index (χ0) is 8.55. The maximum absolute atomic E-state index is 3.97. The van der Waals surface area contributed by atoms with Crippen LogP contribution in [0.3, 0.4) is 0 Å². The van der Waals surface area contributed by atoms with Crippen molar-refractivity contribution in [2.45, 2.75) is 32.9 Å². The highest BCUT2D eigenvalue weighted by Crippen LogP contribution is 2.29. The van der Waals surface area contributed by atoms with Gasteiger partial charge in [0, 0.05) is 23.8 Å². The molecule has 1 aromatic rings. The third-order valence-electron chi connectivity index (χ3n) is 2.60. The first-order valence-corrected chi connectivity index (χ1v) is 4.49. The molecule has 2 atom stereocenters. The van der Waals surface area contributed by atoms with E-state index in [-0.39, 0.29) is 0 Å². The summed E-state index contributed by atoms with van der Waals surface area (Å²) in [5.41, 5.74) is 2.46. The van der Waals surface area contributed by atoms with Crippen molar-refractivity contribution >= 4 is 0 Å². The van der Waals surface area contributed by atoms with Gasteiger partial charge in [-0.15, -0.1) is 0 Å². The van der Waals surface area contributed by atoms with Gasteiger partial charge >= 0.3 is 0 Å². The highest BCUT2D eigenvalue weighted by molar-refractivity contribution is 5.14. The largest absolute Gasteiger partial charge is 0.310 e. The minimum absolute atomic E-state index is 0.749. The van der Waals surface area contributed by atoms with Gasteiger partial charge < -0.3 is 5.32 Å². The Hall–Kier alpha value is -0.830. The van der Waals surface area contributed by atoms with E-state index in [1.165, 1.54) is 17.7 Å². The first-order valence-electron chi connectivity index (χ1n) is 4.49. The van der Waals surface area contributed by atoms with Gasteiger partial charge in [0.25, 0.3) is 0 Å². The summed E-state index contributed by atoms with van der Waals surface area (Å²) in [7, 11) is 0. The molecule has 12 heavy (non-hydrogen) atoms. The molecule has 0 spiro atoms. The van der Waals surface area contributed by atoms with Gasteiger partial charge in [-0.3, -0.25) is 5.10 Å². The molecule has 1 aliphatic carbocycles. The van der Waals surface area contributed by atoms with E-state index in [1.54, 1.807) is 0 Å². The van der Waals surface area contributed by atoms with Crippen molar-refractivity contribution in [2.24, 2.45) is 5.92 Å². The summed E-state index contributed by atoms with van der Waals surface area (Å²) < 4.78 is 0. The smallest absolute Gasteiger partial charge is 0.0535 e. The lowest BCUT2D eigenvalue weighted by Crippen LogP contribution is -2.17. The van der Waals surface area contributed by atoms with Gasteiger partial charge in [0.2, 0.25) is 0 Å². The van der Waals surface area contributed by atoms with Crippen molar-refractivity contribution in [3.8, 4) is 0 Å². The average Bonchev–Trinajstić information content (AvgIpc) is 2.57. The molecule has 3 heteroatoms. The minimum atomic E-state index is 0.749. The van der Waals surface area contributed by atoms with Gasteiger partial charge in [-0.1, -0.05) is 6.92 Å². The number of hydrogen-bond donors (Lipinski definition) is 2. The first-order chi connectivity index (χ1) is 5.77. The highest BCUT2D eigenvalue weighted by atomic mass is 15.1. The molecule has 0 aliphatic heterocycles. The Morgan fingerprint density at radius 2 is 2.50 bits per heavy atom.